The Labute approximate surface area is 206 Å². The van der Waals surface area contributed by atoms with Crippen molar-refractivity contribution in [3.8, 4) is 0 Å². The highest BCUT2D eigenvalue weighted by Gasteiger charge is 2.54. The minimum atomic E-state index is -2.80. The van der Waals surface area contributed by atoms with E-state index in [-0.39, 0.29) is 29.3 Å². The second kappa shape index (κ2) is 10.8. The van der Waals surface area contributed by atoms with Crippen LogP contribution in [-0.4, -0.2) is 50.4 Å². The van der Waals surface area contributed by atoms with Crippen LogP contribution < -0.4 is 10.4 Å². The van der Waals surface area contributed by atoms with E-state index in [4.69, 9.17) is 18.6 Å². The monoisotopic (exact) mass is 568 g/mol. The molecule has 2 aromatic carbocycles. The third kappa shape index (κ3) is 5.28. The summed E-state index contributed by atoms with van der Waals surface area (Å²) in [5.41, 5.74) is 0. The van der Waals surface area contributed by atoms with Gasteiger partial charge in [0.1, 0.15) is 18.3 Å². The Hall–Kier alpha value is -1.26. The second-order valence-electron chi connectivity index (χ2n) is 9.14. The molecule has 0 bridgehead atoms. The summed E-state index contributed by atoms with van der Waals surface area (Å²) in [6.45, 7) is 8.15. The normalized spacial score (nSPS) is 24.2. The third-order valence-electron chi connectivity index (χ3n) is 5.94. The number of ether oxygens (including phenoxy) is 3. The van der Waals surface area contributed by atoms with Crippen molar-refractivity contribution in [2.24, 2.45) is 0 Å². The van der Waals surface area contributed by atoms with Gasteiger partial charge in [0.25, 0.3) is 8.32 Å². The van der Waals surface area contributed by atoms with Crippen LogP contribution in [0.2, 0.25) is 5.04 Å². The number of hydrogen-bond acceptors (Lipinski definition) is 5. The predicted molar refractivity (Wildman–Crippen MR) is 137 cm³/mol. The van der Waals surface area contributed by atoms with Gasteiger partial charge in [0.05, 0.1) is 0 Å². The lowest BCUT2D eigenvalue weighted by atomic mass is 10.0. The highest BCUT2D eigenvalue weighted by molar-refractivity contribution is 14.1. The molecule has 0 N–H and O–H groups in total. The molecule has 1 saturated heterocycles. The number of hydrogen-bond donors (Lipinski definition) is 0. The SMILES string of the molecule is CO[C@H]1O[C@H](CI)[C@@H](OC(C)=O)C[C@@H]1O[Si](c1ccccc1)(c1ccccc1)C(C)(C)C. The van der Waals surface area contributed by atoms with E-state index in [0.29, 0.717) is 10.8 Å². The van der Waals surface area contributed by atoms with Crippen LogP contribution in [0.4, 0.5) is 0 Å². The van der Waals surface area contributed by atoms with E-state index < -0.39 is 14.6 Å². The third-order valence-corrected chi connectivity index (χ3v) is 11.9. The zero-order valence-electron chi connectivity index (χ0n) is 19.4. The van der Waals surface area contributed by atoms with E-state index >= 15 is 0 Å². The van der Waals surface area contributed by atoms with E-state index in [1.807, 2.05) is 12.1 Å². The van der Waals surface area contributed by atoms with Gasteiger partial charge in [-0.05, 0) is 15.4 Å². The summed E-state index contributed by atoms with van der Waals surface area (Å²) in [5, 5.41) is 2.20. The lowest BCUT2D eigenvalue weighted by molar-refractivity contribution is -0.250. The van der Waals surface area contributed by atoms with Gasteiger partial charge in [-0.25, -0.2) is 0 Å². The van der Waals surface area contributed by atoms with Gasteiger partial charge < -0.3 is 18.6 Å². The number of benzene rings is 2. The van der Waals surface area contributed by atoms with Crippen molar-refractivity contribution in [3.05, 3.63) is 60.7 Å². The Kier molecular flexibility index (Phi) is 8.54. The molecule has 0 amide bonds. The van der Waals surface area contributed by atoms with Crippen LogP contribution in [0.1, 0.15) is 34.1 Å². The molecule has 32 heavy (non-hydrogen) atoms. The first-order valence-corrected chi connectivity index (χ1v) is 14.4. The maximum Gasteiger partial charge on any atom is 0.302 e. The summed E-state index contributed by atoms with van der Waals surface area (Å²) in [6, 6.07) is 20.9. The molecule has 1 aliphatic rings. The van der Waals surface area contributed by atoms with Crippen LogP contribution in [0, 0.1) is 0 Å². The molecule has 2 aromatic rings. The lowest BCUT2D eigenvalue weighted by Crippen LogP contribution is -2.69. The standard InChI is InChI=1S/C25H33IO5Si/c1-18(27)29-21-16-22(24(28-5)30-23(21)17-26)31-32(25(2,3)4,19-12-8-6-9-13-19)20-14-10-7-11-15-20/h6-15,21-24H,16-17H2,1-5H3/t21-,22-,23+,24-/m0/s1. The van der Waals surface area contributed by atoms with Gasteiger partial charge in [-0.15, -0.1) is 0 Å². The fourth-order valence-electron chi connectivity index (χ4n) is 4.54. The van der Waals surface area contributed by atoms with Gasteiger partial charge >= 0.3 is 5.97 Å². The molecule has 0 saturated carbocycles. The van der Waals surface area contributed by atoms with E-state index in [9.17, 15) is 4.79 Å². The average Bonchev–Trinajstić information content (AvgIpc) is 2.77. The van der Waals surface area contributed by atoms with Crippen molar-refractivity contribution in [1.29, 1.82) is 0 Å². The van der Waals surface area contributed by atoms with E-state index in [0.717, 1.165) is 0 Å². The van der Waals surface area contributed by atoms with Gasteiger partial charge in [-0.1, -0.05) is 104 Å². The number of halogens is 1. The molecular formula is C25H33IO5Si. The van der Waals surface area contributed by atoms with E-state index in [2.05, 4.69) is 91.9 Å². The van der Waals surface area contributed by atoms with Gasteiger partial charge in [0.15, 0.2) is 6.29 Å². The zero-order valence-corrected chi connectivity index (χ0v) is 22.6. The Morgan fingerprint density at radius 3 is 1.97 bits per heavy atom. The van der Waals surface area contributed by atoms with Crippen molar-refractivity contribution in [2.45, 2.75) is 63.8 Å². The number of alkyl halides is 1. The summed E-state index contributed by atoms with van der Waals surface area (Å²) >= 11 is 2.26. The van der Waals surface area contributed by atoms with E-state index in [1.165, 1.54) is 17.3 Å². The molecule has 1 aliphatic heterocycles. The van der Waals surface area contributed by atoms with Crippen LogP contribution in [0.15, 0.2) is 60.7 Å². The number of carbonyl (C=O) groups is 1. The van der Waals surface area contributed by atoms with Gasteiger partial charge in [-0.3, -0.25) is 4.79 Å². The highest BCUT2D eigenvalue weighted by Crippen LogP contribution is 2.40. The molecule has 3 rings (SSSR count). The van der Waals surface area contributed by atoms with Gasteiger partial charge in [0.2, 0.25) is 0 Å². The first kappa shape index (κ1) is 25.4. The summed E-state index contributed by atoms with van der Waals surface area (Å²) in [6.07, 6.45) is -1.00. The Morgan fingerprint density at radius 1 is 1.03 bits per heavy atom. The topological polar surface area (TPSA) is 54.0 Å². The molecule has 1 fully saturated rings. The maximum atomic E-state index is 11.8. The summed E-state index contributed by atoms with van der Waals surface area (Å²) in [4.78, 5) is 11.8. The van der Waals surface area contributed by atoms with Crippen molar-refractivity contribution in [2.75, 3.05) is 11.5 Å². The predicted octanol–water partition coefficient (Wildman–Crippen LogP) is 4.06. The Bertz CT molecular complexity index is 831. The van der Waals surface area contributed by atoms with Gasteiger partial charge in [-0.2, -0.15) is 0 Å². The molecule has 0 aromatic heterocycles. The minimum Gasteiger partial charge on any atom is -0.460 e. The largest absolute Gasteiger partial charge is 0.460 e. The molecule has 174 valence electrons. The molecule has 5 nitrogen and oxygen atoms in total. The second-order valence-corrected chi connectivity index (χ2v) is 14.3. The molecule has 0 spiro atoms. The van der Waals surface area contributed by atoms with Crippen molar-refractivity contribution in [1.82, 2.24) is 0 Å². The molecule has 0 radical (unpaired) electrons. The summed E-state index contributed by atoms with van der Waals surface area (Å²) in [5.74, 6) is -0.312. The van der Waals surface area contributed by atoms with Crippen LogP contribution in [-0.2, 0) is 23.4 Å². The lowest BCUT2D eigenvalue weighted by Gasteiger charge is -2.48. The first-order chi connectivity index (χ1) is 15.2. The van der Waals surface area contributed by atoms with Crippen LogP contribution in [0.5, 0.6) is 0 Å². The maximum absolute atomic E-state index is 11.8. The smallest absolute Gasteiger partial charge is 0.302 e. The molecular weight excluding hydrogens is 535 g/mol. The highest BCUT2D eigenvalue weighted by atomic mass is 127. The molecule has 1 heterocycles. The average molecular weight is 569 g/mol. The fourth-order valence-corrected chi connectivity index (χ4v) is 9.99. The van der Waals surface area contributed by atoms with Crippen molar-refractivity contribution < 1.29 is 23.4 Å². The zero-order chi connectivity index (χ0) is 23.4. The minimum absolute atomic E-state index is 0.176. The van der Waals surface area contributed by atoms with Crippen LogP contribution in [0.3, 0.4) is 0 Å². The molecule has 7 heteroatoms. The number of esters is 1. The summed E-state index contributed by atoms with van der Waals surface area (Å²) in [7, 11) is -1.16. The Morgan fingerprint density at radius 2 is 1.56 bits per heavy atom. The quantitative estimate of drug-likeness (QED) is 0.218. The molecule has 4 atom stereocenters. The van der Waals surface area contributed by atoms with Crippen molar-refractivity contribution >= 4 is 47.3 Å². The fraction of sp³-hybridized carbons (Fsp3) is 0.480. The van der Waals surface area contributed by atoms with Crippen molar-refractivity contribution in [3.63, 3.8) is 0 Å². The number of carbonyl (C=O) groups excluding carboxylic acids is 1. The molecule has 0 aliphatic carbocycles. The number of methoxy groups -OCH3 is 1. The van der Waals surface area contributed by atoms with Gasteiger partial charge in [0, 0.05) is 24.9 Å². The summed E-state index contributed by atoms with van der Waals surface area (Å²) < 4.78 is 25.5. The number of rotatable bonds is 7. The van der Waals surface area contributed by atoms with Crippen LogP contribution in [0.25, 0.3) is 0 Å². The Balaban J connectivity index is 2.10. The van der Waals surface area contributed by atoms with E-state index in [1.54, 1.807) is 7.11 Å². The van der Waals surface area contributed by atoms with Crippen LogP contribution >= 0.6 is 22.6 Å². The first-order valence-electron chi connectivity index (χ1n) is 10.9. The molecule has 0 unspecified atom stereocenters.